The summed E-state index contributed by atoms with van der Waals surface area (Å²) < 4.78 is 4.65. The standard InChI is InChI=1S/C11H18O4/c1-2-15-11(14)9-10(13)7-5-3-4-6-8-12/h4,6,12H,2-3,5,7-9H2,1H3/b6-4+. The second kappa shape index (κ2) is 9.40. The van der Waals surface area contributed by atoms with Crippen LogP contribution >= 0.6 is 0 Å². The molecular weight excluding hydrogens is 196 g/mol. The van der Waals surface area contributed by atoms with E-state index < -0.39 is 5.97 Å². The highest BCUT2D eigenvalue weighted by molar-refractivity contribution is 5.95. The number of hydrogen-bond acceptors (Lipinski definition) is 4. The summed E-state index contributed by atoms with van der Waals surface area (Å²) in [6, 6.07) is 0. The van der Waals surface area contributed by atoms with E-state index >= 15 is 0 Å². The zero-order chi connectivity index (χ0) is 11.5. The molecule has 0 spiro atoms. The number of carbonyl (C=O) groups is 2. The molecule has 0 saturated carbocycles. The molecule has 86 valence electrons. The van der Waals surface area contributed by atoms with E-state index in [9.17, 15) is 9.59 Å². The molecule has 0 fully saturated rings. The van der Waals surface area contributed by atoms with Crippen LogP contribution in [0.5, 0.6) is 0 Å². The van der Waals surface area contributed by atoms with Gasteiger partial charge in [0.2, 0.25) is 0 Å². The molecule has 0 aromatic heterocycles. The number of unbranched alkanes of at least 4 members (excludes halogenated alkanes) is 1. The number of allylic oxidation sites excluding steroid dienone is 1. The molecule has 0 bridgehead atoms. The van der Waals surface area contributed by atoms with Gasteiger partial charge in [-0.15, -0.1) is 0 Å². The molecule has 0 aliphatic rings. The minimum atomic E-state index is -0.451. The van der Waals surface area contributed by atoms with Gasteiger partial charge in [-0.05, 0) is 19.8 Å². The van der Waals surface area contributed by atoms with Gasteiger partial charge in [-0.1, -0.05) is 12.2 Å². The van der Waals surface area contributed by atoms with Crippen molar-refractivity contribution in [3.05, 3.63) is 12.2 Å². The zero-order valence-corrected chi connectivity index (χ0v) is 9.07. The first-order chi connectivity index (χ1) is 7.20. The predicted molar refractivity (Wildman–Crippen MR) is 56.3 cm³/mol. The van der Waals surface area contributed by atoms with Crippen molar-refractivity contribution in [3.63, 3.8) is 0 Å². The Balaban J connectivity index is 3.49. The average Bonchev–Trinajstić information content (AvgIpc) is 2.17. The van der Waals surface area contributed by atoms with E-state index in [2.05, 4.69) is 4.74 Å². The Hall–Kier alpha value is -1.16. The maximum atomic E-state index is 11.2. The number of rotatable bonds is 8. The molecule has 0 radical (unpaired) electrons. The monoisotopic (exact) mass is 214 g/mol. The van der Waals surface area contributed by atoms with Gasteiger partial charge in [-0.25, -0.2) is 0 Å². The van der Waals surface area contributed by atoms with Crippen molar-refractivity contribution in [2.75, 3.05) is 13.2 Å². The van der Waals surface area contributed by atoms with E-state index in [1.54, 1.807) is 13.0 Å². The molecule has 0 unspecified atom stereocenters. The third kappa shape index (κ3) is 9.15. The van der Waals surface area contributed by atoms with Gasteiger partial charge in [0.05, 0.1) is 13.2 Å². The second-order valence-electron chi connectivity index (χ2n) is 3.07. The lowest BCUT2D eigenvalue weighted by molar-refractivity contribution is -0.145. The third-order valence-corrected chi connectivity index (χ3v) is 1.75. The summed E-state index contributed by atoms with van der Waals surface area (Å²) in [5.74, 6) is -0.542. The van der Waals surface area contributed by atoms with Gasteiger partial charge in [-0.2, -0.15) is 0 Å². The molecule has 4 nitrogen and oxygen atoms in total. The highest BCUT2D eigenvalue weighted by atomic mass is 16.5. The fourth-order valence-corrected chi connectivity index (χ4v) is 1.07. The zero-order valence-electron chi connectivity index (χ0n) is 9.07. The smallest absolute Gasteiger partial charge is 0.313 e. The molecule has 4 heteroatoms. The molecule has 0 aliphatic carbocycles. The van der Waals surface area contributed by atoms with Crippen LogP contribution in [0.4, 0.5) is 0 Å². The molecule has 0 amide bonds. The highest BCUT2D eigenvalue weighted by Gasteiger charge is 2.08. The Morgan fingerprint density at radius 3 is 2.67 bits per heavy atom. The van der Waals surface area contributed by atoms with Gasteiger partial charge in [0.1, 0.15) is 12.2 Å². The van der Waals surface area contributed by atoms with Crippen LogP contribution in [0.1, 0.15) is 32.6 Å². The predicted octanol–water partition coefficient (Wildman–Crippen LogP) is 1.23. The fourth-order valence-electron chi connectivity index (χ4n) is 1.07. The Morgan fingerprint density at radius 1 is 1.33 bits per heavy atom. The van der Waals surface area contributed by atoms with Crippen LogP contribution in [-0.2, 0) is 14.3 Å². The summed E-state index contributed by atoms with van der Waals surface area (Å²) in [5, 5.41) is 8.44. The molecule has 0 rings (SSSR count). The van der Waals surface area contributed by atoms with Crippen LogP contribution in [-0.4, -0.2) is 30.1 Å². The summed E-state index contributed by atoms with van der Waals surface area (Å²) in [5.41, 5.74) is 0. The van der Waals surface area contributed by atoms with Crippen molar-refractivity contribution in [1.29, 1.82) is 0 Å². The number of aliphatic hydroxyl groups is 1. The lowest BCUT2D eigenvalue weighted by atomic mass is 10.1. The van der Waals surface area contributed by atoms with Gasteiger partial charge in [0.15, 0.2) is 0 Å². The maximum absolute atomic E-state index is 11.2. The van der Waals surface area contributed by atoms with Gasteiger partial charge in [0, 0.05) is 6.42 Å². The van der Waals surface area contributed by atoms with E-state index in [-0.39, 0.29) is 18.8 Å². The molecular formula is C11H18O4. The van der Waals surface area contributed by atoms with Gasteiger partial charge >= 0.3 is 5.97 Å². The normalized spacial score (nSPS) is 10.5. The molecule has 15 heavy (non-hydrogen) atoms. The van der Waals surface area contributed by atoms with Crippen LogP contribution in [0.3, 0.4) is 0 Å². The first-order valence-corrected chi connectivity index (χ1v) is 5.13. The molecule has 0 heterocycles. The van der Waals surface area contributed by atoms with Crippen molar-refractivity contribution in [2.24, 2.45) is 0 Å². The SMILES string of the molecule is CCOC(=O)CC(=O)CCC/C=C/CO. The largest absolute Gasteiger partial charge is 0.466 e. The van der Waals surface area contributed by atoms with Crippen molar-refractivity contribution in [3.8, 4) is 0 Å². The quantitative estimate of drug-likeness (QED) is 0.285. The van der Waals surface area contributed by atoms with Crippen LogP contribution in [0.25, 0.3) is 0 Å². The van der Waals surface area contributed by atoms with Crippen LogP contribution < -0.4 is 0 Å². The van der Waals surface area contributed by atoms with Crippen LogP contribution in [0.2, 0.25) is 0 Å². The van der Waals surface area contributed by atoms with E-state index in [1.165, 1.54) is 0 Å². The maximum Gasteiger partial charge on any atom is 0.313 e. The van der Waals surface area contributed by atoms with Crippen LogP contribution in [0, 0.1) is 0 Å². The van der Waals surface area contributed by atoms with Crippen molar-refractivity contribution < 1.29 is 19.4 Å². The Morgan fingerprint density at radius 2 is 2.07 bits per heavy atom. The Kier molecular flexibility index (Phi) is 8.67. The van der Waals surface area contributed by atoms with Crippen molar-refractivity contribution >= 4 is 11.8 Å². The number of aliphatic hydroxyl groups excluding tert-OH is 1. The highest BCUT2D eigenvalue weighted by Crippen LogP contribution is 2.01. The third-order valence-electron chi connectivity index (χ3n) is 1.75. The molecule has 0 aliphatic heterocycles. The summed E-state index contributed by atoms with van der Waals surface area (Å²) in [6.07, 6.45) is 5.16. The first kappa shape index (κ1) is 13.8. The Labute approximate surface area is 89.9 Å². The summed E-state index contributed by atoms with van der Waals surface area (Å²) in [4.78, 5) is 22.1. The topological polar surface area (TPSA) is 63.6 Å². The number of hydrogen-bond donors (Lipinski definition) is 1. The summed E-state index contributed by atoms with van der Waals surface area (Å²) >= 11 is 0. The van der Waals surface area contributed by atoms with Crippen molar-refractivity contribution in [2.45, 2.75) is 32.6 Å². The average molecular weight is 214 g/mol. The van der Waals surface area contributed by atoms with E-state index in [0.29, 0.717) is 19.4 Å². The fraction of sp³-hybridized carbons (Fsp3) is 0.636. The van der Waals surface area contributed by atoms with E-state index in [4.69, 9.17) is 5.11 Å². The number of carbonyl (C=O) groups excluding carboxylic acids is 2. The molecule has 0 aromatic rings. The van der Waals surface area contributed by atoms with E-state index in [1.807, 2.05) is 6.08 Å². The van der Waals surface area contributed by atoms with Gasteiger partial charge in [-0.3, -0.25) is 9.59 Å². The Bertz CT molecular complexity index is 221. The molecule has 0 saturated heterocycles. The number of ether oxygens (including phenoxy) is 1. The minimum Gasteiger partial charge on any atom is -0.466 e. The van der Waals surface area contributed by atoms with Crippen LogP contribution in [0.15, 0.2) is 12.2 Å². The first-order valence-electron chi connectivity index (χ1n) is 5.13. The minimum absolute atomic E-state index is 0.0246. The summed E-state index contributed by atoms with van der Waals surface area (Å²) in [6.45, 7) is 2.05. The van der Waals surface area contributed by atoms with Gasteiger partial charge in [0.25, 0.3) is 0 Å². The molecule has 0 aromatic carbocycles. The molecule has 0 atom stereocenters. The molecule has 1 N–H and O–H groups in total. The van der Waals surface area contributed by atoms with Crippen molar-refractivity contribution in [1.82, 2.24) is 0 Å². The second-order valence-corrected chi connectivity index (χ2v) is 3.07. The number of esters is 1. The van der Waals surface area contributed by atoms with E-state index in [0.717, 1.165) is 6.42 Å². The number of Topliss-reactive ketones (excluding diaryl/α,β-unsaturated/α-hetero) is 1. The number of ketones is 1. The van der Waals surface area contributed by atoms with Gasteiger partial charge < -0.3 is 9.84 Å². The lowest BCUT2D eigenvalue weighted by Crippen LogP contribution is -2.10. The summed E-state index contributed by atoms with van der Waals surface area (Å²) in [7, 11) is 0. The lowest BCUT2D eigenvalue weighted by Gasteiger charge is -2.00.